The highest BCUT2D eigenvalue weighted by Gasteiger charge is 2.20. The summed E-state index contributed by atoms with van der Waals surface area (Å²) in [6, 6.07) is 5.08. The number of thioether (sulfide) groups is 1. The minimum Gasteiger partial charge on any atom is -0.356 e. The van der Waals surface area contributed by atoms with Crippen LogP contribution in [-0.4, -0.2) is 50.7 Å². The van der Waals surface area contributed by atoms with E-state index in [2.05, 4.69) is 26.7 Å². The fourth-order valence-corrected chi connectivity index (χ4v) is 3.56. The average molecular weight is 391 g/mol. The van der Waals surface area contributed by atoms with Gasteiger partial charge in [0.05, 0.1) is 0 Å². The van der Waals surface area contributed by atoms with Crippen LogP contribution in [0.15, 0.2) is 23.2 Å². The maximum Gasteiger partial charge on any atom is 0.194 e. The standard InChI is InChI=1S/C19H27FN6S/c1-14-23-24-18(25(14)2)12-22-19(21-8-4-10-27-3)26-9-7-15-5-6-17(20)11-16(15)13-26/h5-6,11H,4,7-10,12-13H2,1-3H3,(H,21,22). The van der Waals surface area contributed by atoms with E-state index in [9.17, 15) is 4.39 Å². The lowest BCUT2D eigenvalue weighted by Crippen LogP contribution is -2.44. The summed E-state index contributed by atoms with van der Waals surface area (Å²) < 4.78 is 15.6. The number of hydrogen-bond donors (Lipinski definition) is 1. The molecule has 0 saturated carbocycles. The molecule has 1 aliphatic rings. The molecule has 1 N–H and O–H groups in total. The number of aromatic nitrogens is 3. The lowest BCUT2D eigenvalue weighted by molar-refractivity contribution is 0.376. The van der Waals surface area contributed by atoms with E-state index < -0.39 is 0 Å². The smallest absolute Gasteiger partial charge is 0.194 e. The van der Waals surface area contributed by atoms with Gasteiger partial charge in [-0.1, -0.05) is 6.07 Å². The van der Waals surface area contributed by atoms with Crippen LogP contribution in [0.5, 0.6) is 0 Å². The molecular weight excluding hydrogens is 363 g/mol. The van der Waals surface area contributed by atoms with Crippen molar-refractivity contribution in [3.8, 4) is 0 Å². The van der Waals surface area contributed by atoms with Gasteiger partial charge in [0, 0.05) is 26.7 Å². The number of rotatable bonds is 6. The highest BCUT2D eigenvalue weighted by atomic mass is 32.2. The molecule has 2 heterocycles. The number of benzene rings is 1. The first kappa shape index (κ1) is 19.7. The molecule has 1 aliphatic heterocycles. The Morgan fingerprint density at radius 1 is 1.33 bits per heavy atom. The Bertz CT molecular complexity index is 803. The van der Waals surface area contributed by atoms with Gasteiger partial charge < -0.3 is 14.8 Å². The second-order valence-electron chi connectivity index (χ2n) is 6.72. The molecule has 0 bridgehead atoms. The Hall–Kier alpha value is -2.09. The van der Waals surface area contributed by atoms with Gasteiger partial charge in [-0.15, -0.1) is 10.2 Å². The Morgan fingerprint density at radius 3 is 2.93 bits per heavy atom. The van der Waals surface area contributed by atoms with E-state index in [-0.39, 0.29) is 5.82 Å². The van der Waals surface area contributed by atoms with Crippen molar-refractivity contribution in [2.75, 3.05) is 25.1 Å². The fourth-order valence-electron chi connectivity index (χ4n) is 3.13. The van der Waals surface area contributed by atoms with Crippen LogP contribution in [0, 0.1) is 12.7 Å². The first-order valence-corrected chi connectivity index (χ1v) is 10.6. The zero-order chi connectivity index (χ0) is 19.2. The van der Waals surface area contributed by atoms with Crippen molar-refractivity contribution in [3.63, 3.8) is 0 Å². The Balaban J connectivity index is 1.74. The van der Waals surface area contributed by atoms with E-state index in [4.69, 9.17) is 4.99 Å². The van der Waals surface area contributed by atoms with E-state index in [0.29, 0.717) is 13.1 Å². The lowest BCUT2D eigenvalue weighted by Gasteiger charge is -2.32. The molecule has 0 aliphatic carbocycles. The van der Waals surface area contributed by atoms with E-state index in [1.54, 1.807) is 12.1 Å². The van der Waals surface area contributed by atoms with Crippen molar-refractivity contribution in [2.45, 2.75) is 32.9 Å². The van der Waals surface area contributed by atoms with Gasteiger partial charge in [-0.05, 0) is 55.0 Å². The molecule has 2 aromatic rings. The molecule has 1 aromatic heterocycles. The molecule has 0 spiro atoms. The number of hydrogen-bond acceptors (Lipinski definition) is 4. The second-order valence-corrected chi connectivity index (χ2v) is 7.71. The maximum atomic E-state index is 13.6. The number of nitrogens with zero attached hydrogens (tertiary/aromatic N) is 5. The molecule has 1 aromatic carbocycles. The molecule has 27 heavy (non-hydrogen) atoms. The first-order valence-electron chi connectivity index (χ1n) is 9.23. The van der Waals surface area contributed by atoms with Gasteiger partial charge in [0.2, 0.25) is 0 Å². The van der Waals surface area contributed by atoms with Gasteiger partial charge >= 0.3 is 0 Å². The van der Waals surface area contributed by atoms with Crippen molar-refractivity contribution < 1.29 is 4.39 Å². The van der Waals surface area contributed by atoms with E-state index in [1.165, 1.54) is 5.56 Å². The van der Waals surface area contributed by atoms with Crippen LogP contribution in [0.2, 0.25) is 0 Å². The summed E-state index contributed by atoms with van der Waals surface area (Å²) in [5, 5.41) is 11.8. The average Bonchev–Trinajstić information content (AvgIpc) is 2.99. The highest BCUT2D eigenvalue weighted by molar-refractivity contribution is 7.98. The fraction of sp³-hybridized carbons (Fsp3) is 0.526. The minimum absolute atomic E-state index is 0.184. The molecule has 3 rings (SSSR count). The molecule has 0 saturated heterocycles. The number of guanidine groups is 1. The normalized spacial score (nSPS) is 14.4. The molecule has 0 atom stereocenters. The summed E-state index contributed by atoms with van der Waals surface area (Å²) in [6.45, 7) is 4.79. The molecule has 6 nitrogen and oxygen atoms in total. The van der Waals surface area contributed by atoms with Crippen LogP contribution in [0.4, 0.5) is 4.39 Å². The van der Waals surface area contributed by atoms with Crippen LogP contribution in [-0.2, 0) is 26.6 Å². The zero-order valence-corrected chi connectivity index (χ0v) is 17.0. The Morgan fingerprint density at radius 2 is 2.19 bits per heavy atom. The minimum atomic E-state index is -0.184. The number of nitrogens with one attached hydrogen (secondary N) is 1. The van der Waals surface area contributed by atoms with Gasteiger partial charge in [0.25, 0.3) is 0 Å². The molecular formula is C19H27FN6S. The molecule has 8 heteroatoms. The molecule has 0 radical (unpaired) electrons. The molecule has 0 fully saturated rings. The molecule has 146 valence electrons. The number of aliphatic imine (C=N–C) groups is 1. The third-order valence-corrected chi connectivity index (χ3v) is 5.54. The summed E-state index contributed by atoms with van der Waals surface area (Å²) in [5.41, 5.74) is 2.26. The Kier molecular flexibility index (Phi) is 6.71. The quantitative estimate of drug-likeness (QED) is 0.467. The van der Waals surface area contributed by atoms with Crippen molar-refractivity contribution in [1.29, 1.82) is 0 Å². The van der Waals surface area contributed by atoms with Gasteiger partial charge in [-0.2, -0.15) is 11.8 Å². The van der Waals surface area contributed by atoms with E-state index in [1.807, 2.05) is 36.4 Å². The summed E-state index contributed by atoms with van der Waals surface area (Å²) in [4.78, 5) is 6.99. The van der Waals surface area contributed by atoms with E-state index in [0.717, 1.165) is 54.9 Å². The summed E-state index contributed by atoms with van der Waals surface area (Å²) in [6.07, 6.45) is 4.08. The van der Waals surface area contributed by atoms with Crippen molar-refractivity contribution in [2.24, 2.45) is 12.0 Å². The van der Waals surface area contributed by atoms with E-state index >= 15 is 0 Å². The second kappa shape index (κ2) is 9.21. The van der Waals surface area contributed by atoms with Crippen LogP contribution in [0.3, 0.4) is 0 Å². The molecule has 0 amide bonds. The lowest BCUT2D eigenvalue weighted by atomic mass is 10.00. The van der Waals surface area contributed by atoms with Gasteiger partial charge in [0.1, 0.15) is 18.2 Å². The van der Waals surface area contributed by atoms with Crippen molar-refractivity contribution >= 4 is 17.7 Å². The van der Waals surface area contributed by atoms with Crippen molar-refractivity contribution in [1.82, 2.24) is 25.0 Å². The number of fused-ring (bicyclic) bond motifs is 1. The summed E-state index contributed by atoms with van der Waals surface area (Å²) in [5.74, 6) is 3.48. The number of halogens is 1. The summed E-state index contributed by atoms with van der Waals surface area (Å²) in [7, 11) is 1.95. The predicted molar refractivity (Wildman–Crippen MR) is 108 cm³/mol. The first-order chi connectivity index (χ1) is 13.1. The van der Waals surface area contributed by atoms with Crippen LogP contribution in [0.25, 0.3) is 0 Å². The summed E-state index contributed by atoms with van der Waals surface area (Å²) >= 11 is 1.84. The van der Waals surface area contributed by atoms with Gasteiger partial charge in [-0.25, -0.2) is 9.38 Å². The third-order valence-electron chi connectivity index (χ3n) is 4.84. The van der Waals surface area contributed by atoms with Crippen LogP contribution >= 0.6 is 11.8 Å². The third kappa shape index (κ3) is 5.00. The Labute approximate surface area is 164 Å². The van der Waals surface area contributed by atoms with Crippen LogP contribution < -0.4 is 5.32 Å². The maximum absolute atomic E-state index is 13.6. The highest BCUT2D eigenvalue weighted by Crippen LogP contribution is 2.20. The predicted octanol–water partition coefficient (Wildman–Crippen LogP) is 2.52. The topological polar surface area (TPSA) is 58.3 Å². The number of aryl methyl sites for hydroxylation is 1. The van der Waals surface area contributed by atoms with Gasteiger partial charge in [-0.3, -0.25) is 0 Å². The zero-order valence-electron chi connectivity index (χ0n) is 16.2. The van der Waals surface area contributed by atoms with Gasteiger partial charge in [0.15, 0.2) is 11.8 Å². The van der Waals surface area contributed by atoms with Crippen molar-refractivity contribution in [3.05, 3.63) is 46.8 Å². The monoisotopic (exact) mass is 390 g/mol. The SMILES string of the molecule is CSCCCNC(=NCc1nnc(C)n1C)N1CCc2ccc(F)cc2C1. The van der Waals surface area contributed by atoms with Crippen LogP contribution in [0.1, 0.15) is 29.2 Å². The molecule has 0 unspecified atom stereocenters. The largest absolute Gasteiger partial charge is 0.356 e.